The third-order valence-electron chi connectivity index (χ3n) is 6.62. The van der Waals surface area contributed by atoms with Crippen LogP contribution in [-0.2, 0) is 19.6 Å². The van der Waals surface area contributed by atoms with Crippen molar-refractivity contribution in [1.29, 1.82) is 0 Å². The smallest absolute Gasteiger partial charge is 0.355 e. The molecular formula is C27H19ClF3N7O4S. The SMILES string of the molecule is O=c1[nH]c2sccc2cc1Cn1c(=O)nc(Nc2cc3cn(CCO)nc3cc2Cl)n(Cc2cc(F)c(F)c(F)c2)c1=O. The van der Waals surface area contributed by atoms with Crippen LogP contribution in [-0.4, -0.2) is 40.6 Å². The van der Waals surface area contributed by atoms with Gasteiger partial charge in [0.15, 0.2) is 17.5 Å². The first-order valence-corrected chi connectivity index (χ1v) is 13.9. The molecule has 11 nitrogen and oxygen atoms in total. The Hall–Kier alpha value is -4.73. The van der Waals surface area contributed by atoms with Crippen LogP contribution in [0.2, 0.25) is 5.02 Å². The van der Waals surface area contributed by atoms with Crippen molar-refractivity contribution < 1.29 is 18.3 Å². The lowest BCUT2D eigenvalue weighted by Crippen LogP contribution is -2.43. The fourth-order valence-electron chi connectivity index (χ4n) is 4.57. The summed E-state index contributed by atoms with van der Waals surface area (Å²) in [5.74, 6) is -4.95. The molecule has 0 amide bonds. The maximum Gasteiger partial charge on any atom is 0.355 e. The average Bonchev–Trinajstić information content (AvgIpc) is 3.57. The number of hydrogen-bond donors (Lipinski definition) is 3. The minimum absolute atomic E-state index is 0.103. The van der Waals surface area contributed by atoms with Crippen LogP contribution in [0, 0.1) is 17.5 Å². The highest BCUT2D eigenvalue weighted by atomic mass is 35.5. The first-order chi connectivity index (χ1) is 20.6. The second kappa shape index (κ2) is 11.2. The van der Waals surface area contributed by atoms with E-state index in [0.717, 1.165) is 4.57 Å². The van der Waals surface area contributed by atoms with E-state index in [4.69, 9.17) is 11.6 Å². The van der Waals surface area contributed by atoms with Gasteiger partial charge in [0, 0.05) is 22.5 Å². The number of pyridine rings is 1. The third-order valence-corrected chi connectivity index (χ3v) is 7.78. The van der Waals surface area contributed by atoms with Crippen LogP contribution < -0.4 is 22.3 Å². The Kier molecular flexibility index (Phi) is 7.37. The van der Waals surface area contributed by atoms with Gasteiger partial charge in [-0.05, 0) is 47.3 Å². The van der Waals surface area contributed by atoms with E-state index in [-0.39, 0.29) is 40.9 Å². The van der Waals surface area contributed by atoms with E-state index in [2.05, 4.69) is 20.4 Å². The average molecular weight is 630 g/mol. The Balaban J connectivity index is 1.47. The van der Waals surface area contributed by atoms with Gasteiger partial charge in [0.2, 0.25) is 5.95 Å². The van der Waals surface area contributed by atoms with Crippen LogP contribution in [0.3, 0.4) is 0 Å². The summed E-state index contributed by atoms with van der Waals surface area (Å²) in [7, 11) is 0. The van der Waals surface area contributed by atoms with Crippen molar-refractivity contribution in [2.75, 3.05) is 11.9 Å². The molecular weight excluding hydrogens is 611 g/mol. The lowest BCUT2D eigenvalue weighted by molar-refractivity contribution is 0.270. The number of aliphatic hydroxyl groups excluding tert-OH is 1. The first kappa shape index (κ1) is 28.4. The van der Waals surface area contributed by atoms with Gasteiger partial charge >= 0.3 is 11.4 Å². The van der Waals surface area contributed by atoms with Crippen LogP contribution in [0.25, 0.3) is 21.1 Å². The summed E-state index contributed by atoms with van der Waals surface area (Å²) in [6.45, 7) is -0.885. The molecule has 43 heavy (non-hydrogen) atoms. The molecule has 0 bridgehead atoms. The van der Waals surface area contributed by atoms with Crippen LogP contribution in [0.5, 0.6) is 0 Å². The summed E-state index contributed by atoms with van der Waals surface area (Å²) in [5.41, 5.74) is -1.81. The zero-order valence-corrected chi connectivity index (χ0v) is 23.3. The van der Waals surface area contributed by atoms with Crippen molar-refractivity contribution in [3.05, 3.63) is 113 Å². The Labute approximate surface area is 247 Å². The maximum atomic E-state index is 14.1. The molecule has 4 heterocycles. The molecule has 0 aliphatic heterocycles. The number of aliphatic hydroxyl groups is 1. The van der Waals surface area contributed by atoms with Crippen molar-refractivity contribution >= 4 is 55.7 Å². The van der Waals surface area contributed by atoms with Crippen molar-refractivity contribution in [3.8, 4) is 0 Å². The molecule has 0 radical (unpaired) electrons. The largest absolute Gasteiger partial charge is 0.394 e. The molecule has 0 unspecified atom stereocenters. The minimum Gasteiger partial charge on any atom is -0.394 e. The molecule has 0 atom stereocenters. The summed E-state index contributed by atoms with van der Waals surface area (Å²) in [6.07, 6.45) is 1.65. The summed E-state index contributed by atoms with van der Waals surface area (Å²) in [6, 6.07) is 7.84. The van der Waals surface area contributed by atoms with Crippen LogP contribution in [0.1, 0.15) is 11.1 Å². The number of anilines is 2. The number of H-pyrrole nitrogens is 1. The molecule has 4 aromatic heterocycles. The molecule has 6 aromatic rings. The second-order valence-electron chi connectivity index (χ2n) is 9.51. The molecule has 0 fully saturated rings. The van der Waals surface area contributed by atoms with E-state index in [1.54, 1.807) is 29.8 Å². The highest BCUT2D eigenvalue weighted by molar-refractivity contribution is 7.16. The second-order valence-corrected chi connectivity index (χ2v) is 10.8. The zero-order chi connectivity index (χ0) is 30.4. The number of aromatic amines is 1. The van der Waals surface area contributed by atoms with Gasteiger partial charge in [0.1, 0.15) is 4.83 Å². The van der Waals surface area contributed by atoms with Crippen molar-refractivity contribution in [2.45, 2.75) is 19.6 Å². The first-order valence-electron chi connectivity index (χ1n) is 12.6. The van der Waals surface area contributed by atoms with Crippen molar-refractivity contribution in [2.24, 2.45) is 0 Å². The number of thiophene rings is 1. The van der Waals surface area contributed by atoms with E-state index in [1.807, 2.05) is 0 Å². The van der Waals surface area contributed by atoms with Crippen LogP contribution in [0.15, 0.2) is 62.4 Å². The molecule has 0 aliphatic carbocycles. The van der Waals surface area contributed by atoms with Crippen molar-refractivity contribution in [3.63, 3.8) is 0 Å². The Morgan fingerprint density at radius 2 is 1.77 bits per heavy atom. The summed E-state index contributed by atoms with van der Waals surface area (Å²) in [5, 5.41) is 19.6. The highest BCUT2D eigenvalue weighted by Gasteiger charge is 2.19. The van der Waals surface area contributed by atoms with Crippen LogP contribution >= 0.6 is 22.9 Å². The summed E-state index contributed by atoms with van der Waals surface area (Å²) in [4.78, 5) is 46.9. The molecule has 220 valence electrons. The van der Waals surface area contributed by atoms with Gasteiger partial charge in [-0.25, -0.2) is 27.3 Å². The minimum atomic E-state index is -1.68. The number of nitrogens with zero attached hydrogens (tertiary/aromatic N) is 5. The Morgan fingerprint density at radius 1 is 1.00 bits per heavy atom. The number of nitrogens with one attached hydrogen (secondary N) is 2. The summed E-state index contributed by atoms with van der Waals surface area (Å²) >= 11 is 7.76. The fourth-order valence-corrected chi connectivity index (χ4v) is 5.54. The molecule has 0 aliphatic rings. The molecule has 0 saturated carbocycles. The van der Waals surface area contributed by atoms with E-state index in [9.17, 15) is 32.7 Å². The predicted octanol–water partition coefficient (Wildman–Crippen LogP) is 3.56. The number of halogens is 4. The van der Waals surface area contributed by atoms with Gasteiger partial charge in [-0.15, -0.1) is 11.3 Å². The van der Waals surface area contributed by atoms with Gasteiger partial charge < -0.3 is 15.4 Å². The van der Waals surface area contributed by atoms with Gasteiger partial charge in [-0.3, -0.25) is 14.0 Å². The van der Waals surface area contributed by atoms with Gasteiger partial charge in [0.05, 0.1) is 42.5 Å². The third kappa shape index (κ3) is 5.45. The fraction of sp³-hybridized carbons (Fsp3) is 0.148. The Bertz CT molecular complexity index is 2200. The number of fused-ring (bicyclic) bond motifs is 2. The van der Waals surface area contributed by atoms with Gasteiger partial charge in [-0.1, -0.05) is 11.6 Å². The van der Waals surface area contributed by atoms with E-state index in [1.165, 1.54) is 22.1 Å². The highest BCUT2D eigenvalue weighted by Crippen LogP contribution is 2.29. The van der Waals surface area contributed by atoms with Gasteiger partial charge in [-0.2, -0.15) is 10.1 Å². The predicted molar refractivity (Wildman–Crippen MR) is 155 cm³/mol. The lowest BCUT2D eigenvalue weighted by atomic mass is 10.2. The normalized spacial score (nSPS) is 11.6. The molecule has 0 saturated heterocycles. The molecule has 16 heteroatoms. The van der Waals surface area contributed by atoms with Crippen LogP contribution in [0.4, 0.5) is 24.8 Å². The summed E-state index contributed by atoms with van der Waals surface area (Å²) < 4.78 is 44.9. The molecule has 3 N–H and O–H groups in total. The lowest BCUT2D eigenvalue weighted by Gasteiger charge is -2.16. The Morgan fingerprint density at radius 3 is 2.51 bits per heavy atom. The van der Waals surface area contributed by atoms with E-state index in [0.29, 0.717) is 37.8 Å². The van der Waals surface area contributed by atoms with Crippen molar-refractivity contribution in [1.82, 2.24) is 28.9 Å². The quantitative estimate of drug-likeness (QED) is 0.219. The molecule has 0 spiro atoms. The number of rotatable bonds is 8. The van der Waals surface area contributed by atoms with Gasteiger partial charge in [0.25, 0.3) is 5.56 Å². The molecule has 2 aromatic carbocycles. The number of benzene rings is 2. The monoisotopic (exact) mass is 629 g/mol. The zero-order valence-electron chi connectivity index (χ0n) is 21.8. The number of aromatic nitrogens is 6. The standard InChI is InChI=1S/C27H19ClF3N7O4S/c28-17-9-20-15(11-36(35-20)2-3-39)8-21(17)32-25-34-26(41)38(12-16-7-14-1-4-43-24(14)33-23(16)40)27(42)37(25)10-13-5-18(29)22(31)19(30)6-13/h1,4-9,11,39H,2-3,10,12H2,(H,33,40)(H,32,34,41). The molecule has 6 rings (SSSR count). The topological polar surface area (TPSA) is 140 Å². The maximum absolute atomic E-state index is 14.1. The number of hydrogen-bond acceptors (Lipinski definition) is 8. The van der Waals surface area contributed by atoms with E-state index < -0.39 is 47.5 Å². The van der Waals surface area contributed by atoms with E-state index >= 15 is 0 Å².